The zero-order valence-electron chi connectivity index (χ0n) is 9.57. The highest BCUT2D eigenvalue weighted by Crippen LogP contribution is 2.26. The number of unbranched alkanes of at least 4 members (excludes halogenated alkanes) is 1. The van der Waals surface area contributed by atoms with Gasteiger partial charge in [-0.15, -0.1) is 0 Å². The van der Waals surface area contributed by atoms with Crippen molar-refractivity contribution in [3.63, 3.8) is 0 Å². The molecule has 2 aromatic rings. The molecular formula is C11H14ClN5. The summed E-state index contributed by atoms with van der Waals surface area (Å²) < 4.78 is 0. The molecule has 0 fully saturated rings. The zero-order chi connectivity index (χ0) is 12.3. The molecule has 0 aliphatic heterocycles. The minimum atomic E-state index is 0.168. The zero-order valence-corrected chi connectivity index (χ0v) is 10.3. The number of halogens is 1. The molecule has 0 aliphatic rings. The number of aromatic amines is 1. The topological polar surface area (TPSA) is 80.5 Å². The van der Waals surface area contributed by atoms with Crippen molar-refractivity contribution in [2.75, 3.05) is 5.73 Å². The van der Waals surface area contributed by atoms with Gasteiger partial charge in [-0.25, -0.2) is 15.0 Å². The largest absolute Gasteiger partial charge is 0.368 e. The van der Waals surface area contributed by atoms with E-state index in [9.17, 15) is 0 Å². The molecule has 2 aromatic heterocycles. The van der Waals surface area contributed by atoms with E-state index in [2.05, 4.69) is 26.9 Å². The van der Waals surface area contributed by atoms with Crippen LogP contribution < -0.4 is 5.73 Å². The monoisotopic (exact) mass is 251 g/mol. The molecule has 2 heterocycles. The minimum absolute atomic E-state index is 0.168. The van der Waals surface area contributed by atoms with Crippen LogP contribution in [0.25, 0.3) is 11.5 Å². The maximum absolute atomic E-state index is 6.11. The van der Waals surface area contributed by atoms with Gasteiger partial charge in [-0.3, -0.25) is 0 Å². The summed E-state index contributed by atoms with van der Waals surface area (Å²) in [4.78, 5) is 15.4. The number of nitrogen functional groups attached to an aromatic ring is 1. The summed E-state index contributed by atoms with van der Waals surface area (Å²) >= 11 is 6.11. The number of nitrogens with two attached hydrogens (primary N) is 1. The lowest BCUT2D eigenvalue weighted by atomic mass is 10.1. The van der Waals surface area contributed by atoms with Crippen LogP contribution in [0.15, 0.2) is 12.4 Å². The molecule has 0 atom stereocenters. The van der Waals surface area contributed by atoms with Crippen molar-refractivity contribution in [1.29, 1.82) is 0 Å². The van der Waals surface area contributed by atoms with Crippen LogP contribution in [-0.4, -0.2) is 19.9 Å². The van der Waals surface area contributed by atoms with E-state index >= 15 is 0 Å². The lowest BCUT2D eigenvalue weighted by Crippen LogP contribution is -2.03. The Bertz CT molecular complexity index is 495. The van der Waals surface area contributed by atoms with Crippen LogP contribution >= 0.6 is 11.6 Å². The molecule has 3 N–H and O–H groups in total. The SMILES string of the molecule is CCCCc1c(Cl)nc(N)nc1-c1ncc[nH]1. The normalized spacial score (nSPS) is 10.7. The molecule has 0 saturated carbocycles. The molecular weight excluding hydrogens is 238 g/mol. The van der Waals surface area contributed by atoms with Gasteiger partial charge in [-0.1, -0.05) is 24.9 Å². The van der Waals surface area contributed by atoms with E-state index in [1.807, 2.05) is 0 Å². The fourth-order valence-electron chi connectivity index (χ4n) is 1.64. The van der Waals surface area contributed by atoms with Gasteiger partial charge in [0, 0.05) is 18.0 Å². The van der Waals surface area contributed by atoms with Crippen LogP contribution in [0.5, 0.6) is 0 Å². The van der Waals surface area contributed by atoms with Crippen molar-refractivity contribution in [3.05, 3.63) is 23.1 Å². The smallest absolute Gasteiger partial charge is 0.222 e. The van der Waals surface area contributed by atoms with Crippen molar-refractivity contribution in [1.82, 2.24) is 19.9 Å². The molecule has 6 heteroatoms. The van der Waals surface area contributed by atoms with E-state index < -0.39 is 0 Å². The number of hydrogen-bond donors (Lipinski definition) is 2. The first-order valence-electron chi connectivity index (χ1n) is 5.54. The van der Waals surface area contributed by atoms with Crippen molar-refractivity contribution in [3.8, 4) is 11.5 Å². The van der Waals surface area contributed by atoms with E-state index in [4.69, 9.17) is 17.3 Å². The van der Waals surface area contributed by atoms with Crippen LogP contribution in [0.3, 0.4) is 0 Å². The van der Waals surface area contributed by atoms with Gasteiger partial charge in [0.2, 0.25) is 5.95 Å². The number of nitrogens with one attached hydrogen (secondary N) is 1. The van der Waals surface area contributed by atoms with Crippen LogP contribution in [0.4, 0.5) is 5.95 Å². The minimum Gasteiger partial charge on any atom is -0.368 e. The Labute approximate surface area is 104 Å². The summed E-state index contributed by atoms with van der Waals surface area (Å²) in [6.07, 6.45) is 6.35. The average molecular weight is 252 g/mol. The molecule has 0 aromatic carbocycles. The van der Waals surface area contributed by atoms with Gasteiger partial charge in [0.15, 0.2) is 5.82 Å². The molecule has 90 valence electrons. The maximum Gasteiger partial charge on any atom is 0.222 e. The molecule has 0 saturated heterocycles. The highest BCUT2D eigenvalue weighted by atomic mass is 35.5. The maximum atomic E-state index is 6.11. The van der Waals surface area contributed by atoms with E-state index in [0.29, 0.717) is 16.7 Å². The average Bonchev–Trinajstić information content (AvgIpc) is 2.80. The first-order chi connectivity index (χ1) is 8.22. The van der Waals surface area contributed by atoms with Crippen molar-refractivity contribution in [2.45, 2.75) is 26.2 Å². The van der Waals surface area contributed by atoms with Crippen LogP contribution in [0.1, 0.15) is 25.3 Å². The number of nitrogens with zero attached hydrogens (tertiary/aromatic N) is 3. The van der Waals surface area contributed by atoms with E-state index in [1.165, 1.54) is 0 Å². The molecule has 5 nitrogen and oxygen atoms in total. The molecule has 0 amide bonds. The van der Waals surface area contributed by atoms with E-state index in [0.717, 1.165) is 24.8 Å². The summed E-state index contributed by atoms with van der Waals surface area (Å²) in [6, 6.07) is 0. The second kappa shape index (κ2) is 5.14. The molecule has 0 unspecified atom stereocenters. The second-order valence-corrected chi connectivity index (χ2v) is 4.10. The van der Waals surface area contributed by atoms with Gasteiger partial charge < -0.3 is 10.7 Å². The molecule has 0 bridgehead atoms. The van der Waals surface area contributed by atoms with Crippen LogP contribution in [-0.2, 0) is 6.42 Å². The Hall–Kier alpha value is -1.62. The van der Waals surface area contributed by atoms with Crippen molar-refractivity contribution < 1.29 is 0 Å². The van der Waals surface area contributed by atoms with Crippen LogP contribution in [0.2, 0.25) is 5.15 Å². The number of hydrogen-bond acceptors (Lipinski definition) is 4. The van der Waals surface area contributed by atoms with Gasteiger partial charge in [-0.2, -0.15) is 0 Å². The number of rotatable bonds is 4. The van der Waals surface area contributed by atoms with Gasteiger partial charge in [-0.05, 0) is 12.8 Å². The molecule has 0 radical (unpaired) electrons. The fourth-order valence-corrected chi connectivity index (χ4v) is 1.91. The Morgan fingerprint density at radius 1 is 1.41 bits per heavy atom. The highest BCUT2D eigenvalue weighted by molar-refractivity contribution is 6.30. The first-order valence-corrected chi connectivity index (χ1v) is 5.91. The molecule has 0 spiro atoms. The number of aromatic nitrogens is 4. The third-order valence-electron chi connectivity index (χ3n) is 2.48. The molecule has 17 heavy (non-hydrogen) atoms. The van der Waals surface area contributed by atoms with Gasteiger partial charge in [0.05, 0.1) is 0 Å². The third-order valence-corrected chi connectivity index (χ3v) is 2.79. The number of H-pyrrole nitrogens is 1. The Balaban J connectivity index is 2.47. The second-order valence-electron chi connectivity index (χ2n) is 3.74. The van der Waals surface area contributed by atoms with Crippen molar-refractivity contribution >= 4 is 17.5 Å². The lowest BCUT2D eigenvalue weighted by molar-refractivity contribution is 0.789. The summed E-state index contributed by atoms with van der Waals surface area (Å²) in [7, 11) is 0. The van der Waals surface area contributed by atoms with Crippen LogP contribution in [0, 0.1) is 0 Å². The van der Waals surface area contributed by atoms with E-state index in [1.54, 1.807) is 12.4 Å². The Kier molecular flexibility index (Phi) is 3.58. The van der Waals surface area contributed by atoms with E-state index in [-0.39, 0.29) is 5.95 Å². The molecule has 2 rings (SSSR count). The molecule has 0 aliphatic carbocycles. The Morgan fingerprint density at radius 3 is 2.88 bits per heavy atom. The van der Waals surface area contributed by atoms with Crippen molar-refractivity contribution in [2.24, 2.45) is 0 Å². The predicted molar refractivity (Wildman–Crippen MR) is 67.6 cm³/mol. The van der Waals surface area contributed by atoms with Gasteiger partial charge >= 0.3 is 0 Å². The lowest BCUT2D eigenvalue weighted by Gasteiger charge is -2.08. The summed E-state index contributed by atoms with van der Waals surface area (Å²) in [6.45, 7) is 2.12. The van der Waals surface area contributed by atoms with Gasteiger partial charge in [0.1, 0.15) is 10.8 Å². The first kappa shape index (κ1) is 11.9. The Morgan fingerprint density at radius 2 is 2.24 bits per heavy atom. The standard InChI is InChI=1S/C11H14ClN5/c1-2-3-4-7-8(10-14-5-6-15-10)16-11(13)17-9(7)12/h5-6H,2-4H2,1H3,(H,14,15)(H2,13,16,17). The third kappa shape index (κ3) is 2.55. The van der Waals surface area contributed by atoms with Gasteiger partial charge in [0.25, 0.3) is 0 Å². The fraction of sp³-hybridized carbons (Fsp3) is 0.364. The summed E-state index contributed by atoms with van der Waals surface area (Å²) in [5, 5.41) is 0.414. The summed E-state index contributed by atoms with van der Waals surface area (Å²) in [5.41, 5.74) is 7.21. The highest BCUT2D eigenvalue weighted by Gasteiger charge is 2.14. The quantitative estimate of drug-likeness (QED) is 0.818. The summed E-state index contributed by atoms with van der Waals surface area (Å²) in [5.74, 6) is 0.841. The number of imidazole rings is 1. The number of anilines is 1. The predicted octanol–water partition coefficient (Wildman–Crippen LogP) is 2.44.